The molecular weight excluding hydrogens is 336 g/mol. The SMILES string of the molecule is CNC(=O)c1cccc(NC(=O)CCN2C(=O)NC3(CCCC3)C2=O)c1. The normalized spacial score (nSPS) is 18.1. The highest BCUT2D eigenvalue weighted by molar-refractivity contribution is 6.07. The number of hydrogen-bond acceptors (Lipinski definition) is 4. The van der Waals surface area contributed by atoms with Crippen molar-refractivity contribution >= 4 is 29.4 Å². The molecule has 0 radical (unpaired) electrons. The summed E-state index contributed by atoms with van der Waals surface area (Å²) < 4.78 is 0. The van der Waals surface area contributed by atoms with Gasteiger partial charge >= 0.3 is 6.03 Å². The van der Waals surface area contributed by atoms with E-state index >= 15 is 0 Å². The van der Waals surface area contributed by atoms with Gasteiger partial charge in [0.05, 0.1) is 0 Å². The third-order valence-electron chi connectivity index (χ3n) is 4.90. The number of carbonyl (C=O) groups excluding carboxylic acids is 4. The Hall–Kier alpha value is -2.90. The van der Waals surface area contributed by atoms with Crippen LogP contribution in [0.4, 0.5) is 10.5 Å². The lowest BCUT2D eigenvalue weighted by molar-refractivity contribution is -0.131. The maximum absolute atomic E-state index is 12.5. The highest BCUT2D eigenvalue weighted by Gasteiger charge is 2.52. The Balaban J connectivity index is 1.57. The summed E-state index contributed by atoms with van der Waals surface area (Å²) in [4.78, 5) is 49.5. The van der Waals surface area contributed by atoms with Crippen LogP contribution in [0.3, 0.4) is 0 Å². The number of imide groups is 1. The van der Waals surface area contributed by atoms with E-state index in [4.69, 9.17) is 0 Å². The summed E-state index contributed by atoms with van der Waals surface area (Å²) >= 11 is 0. The first-order valence-corrected chi connectivity index (χ1v) is 8.71. The molecule has 5 amide bonds. The van der Waals surface area contributed by atoms with Crippen LogP contribution in [0.5, 0.6) is 0 Å². The molecule has 2 fully saturated rings. The van der Waals surface area contributed by atoms with Gasteiger partial charge in [0.25, 0.3) is 11.8 Å². The molecule has 0 atom stereocenters. The van der Waals surface area contributed by atoms with Crippen LogP contribution in [0, 0.1) is 0 Å². The Morgan fingerprint density at radius 3 is 2.65 bits per heavy atom. The number of rotatable bonds is 5. The summed E-state index contributed by atoms with van der Waals surface area (Å²) in [5.41, 5.74) is 0.165. The maximum Gasteiger partial charge on any atom is 0.325 e. The van der Waals surface area contributed by atoms with Crippen molar-refractivity contribution in [3.63, 3.8) is 0 Å². The summed E-state index contributed by atoms with van der Waals surface area (Å²) in [5, 5.41) is 7.99. The van der Waals surface area contributed by atoms with Gasteiger partial charge in [0.1, 0.15) is 5.54 Å². The van der Waals surface area contributed by atoms with Crippen molar-refractivity contribution in [3.8, 4) is 0 Å². The molecule has 2 aliphatic rings. The lowest BCUT2D eigenvalue weighted by Gasteiger charge is -2.19. The standard InChI is InChI=1S/C18H22N4O4/c1-19-15(24)12-5-4-6-13(11-12)20-14(23)7-10-22-16(25)18(21-17(22)26)8-2-3-9-18/h4-6,11H,2-3,7-10H2,1H3,(H,19,24)(H,20,23)(H,21,26). The molecule has 138 valence electrons. The third kappa shape index (κ3) is 3.40. The minimum atomic E-state index is -0.755. The van der Waals surface area contributed by atoms with Gasteiger partial charge in [0, 0.05) is 31.3 Å². The molecule has 1 spiro atoms. The number of urea groups is 1. The van der Waals surface area contributed by atoms with Crippen LogP contribution in [0.2, 0.25) is 0 Å². The lowest BCUT2D eigenvalue weighted by atomic mass is 9.98. The van der Waals surface area contributed by atoms with E-state index in [9.17, 15) is 19.2 Å². The monoisotopic (exact) mass is 358 g/mol. The first-order valence-electron chi connectivity index (χ1n) is 8.71. The fourth-order valence-corrected chi connectivity index (χ4v) is 3.52. The lowest BCUT2D eigenvalue weighted by Crippen LogP contribution is -2.44. The predicted octanol–water partition coefficient (Wildman–Crippen LogP) is 1.24. The highest BCUT2D eigenvalue weighted by atomic mass is 16.2. The van der Waals surface area contributed by atoms with Crippen LogP contribution in [-0.4, -0.2) is 47.8 Å². The van der Waals surface area contributed by atoms with Gasteiger partial charge in [0.2, 0.25) is 5.91 Å². The summed E-state index contributed by atoms with van der Waals surface area (Å²) in [7, 11) is 1.53. The maximum atomic E-state index is 12.5. The molecule has 1 aliphatic carbocycles. The minimum absolute atomic E-state index is 0.000554. The number of anilines is 1. The van der Waals surface area contributed by atoms with Crippen LogP contribution < -0.4 is 16.0 Å². The van der Waals surface area contributed by atoms with E-state index in [0.717, 1.165) is 17.7 Å². The zero-order valence-electron chi connectivity index (χ0n) is 14.6. The Labute approximate surface area is 151 Å². The van der Waals surface area contributed by atoms with E-state index in [1.165, 1.54) is 7.05 Å². The molecule has 3 rings (SSSR count). The minimum Gasteiger partial charge on any atom is -0.355 e. The van der Waals surface area contributed by atoms with Crippen LogP contribution >= 0.6 is 0 Å². The number of amides is 5. The summed E-state index contributed by atoms with van der Waals surface area (Å²) in [6, 6.07) is 6.12. The zero-order chi connectivity index (χ0) is 18.7. The van der Waals surface area contributed by atoms with E-state index in [-0.39, 0.29) is 30.7 Å². The largest absolute Gasteiger partial charge is 0.355 e. The molecule has 8 nitrogen and oxygen atoms in total. The Morgan fingerprint density at radius 1 is 1.23 bits per heavy atom. The van der Waals surface area contributed by atoms with Crippen molar-refractivity contribution < 1.29 is 19.2 Å². The second-order valence-electron chi connectivity index (χ2n) is 6.63. The Kier molecular flexibility index (Phi) is 4.92. The van der Waals surface area contributed by atoms with Crippen molar-refractivity contribution in [3.05, 3.63) is 29.8 Å². The van der Waals surface area contributed by atoms with Crippen molar-refractivity contribution in [1.29, 1.82) is 0 Å². The topological polar surface area (TPSA) is 108 Å². The number of nitrogens with one attached hydrogen (secondary N) is 3. The number of benzene rings is 1. The Bertz CT molecular complexity index is 755. The summed E-state index contributed by atoms with van der Waals surface area (Å²) in [6.07, 6.45) is 3.16. The zero-order valence-corrected chi connectivity index (χ0v) is 14.6. The van der Waals surface area contributed by atoms with Gasteiger partial charge in [-0.2, -0.15) is 0 Å². The molecule has 1 aromatic carbocycles. The molecule has 26 heavy (non-hydrogen) atoms. The Morgan fingerprint density at radius 2 is 1.96 bits per heavy atom. The van der Waals surface area contributed by atoms with E-state index in [2.05, 4.69) is 16.0 Å². The van der Waals surface area contributed by atoms with Crippen LogP contribution in [0.25, 0.3) is 0 Å². The molecule has 1 saturated heterocycles. The van der Waals surface area contributed by atoms with Crippen LogP contribution in [-0.2, 0) is 9.59 Å². The summed E-state index contributed by atoms with van der Waals surface area (Å²) in [6.45, 7) is 0.0351. The number of carbonyl (C=O) groups is 4. The average molecular weight is 358 g/mol. The first-order chi connectivity index (χ1) is 12.4. The number of hydrogen-bond donors (Lipinski definition) is 3. The van der Waals surface area contributed by atoms with Gasteiger partial charge in [0.15, 0.2) is 0 Å². The van der Waals surface area contributed by atoms with Crippen molar-refractivity contribution in [2.75, 3.05) is 18.9 Å². The predicted molar refractivity (Wildman–Crippen MR) is 94.5 cm³/mol. The van der Waals surface area contributed by atoms with Crippen LogP contribution in [0.1, 0.15) is 42.5 Å². The molecule has 1 saturated carbocycles. The quantitative estimate of drug-likeness (QED) is 0.688. The van der Waals surface area contributed by atoms with Gasteiger partial charge in [-0.15, -0.1) is 0 Å². The van der Waals surface area contributed by atoms with Gasteiger partial charge in [-0.1, -0.05) is 18.9 Å². The highest BCUT2D eigenvalue weighted by Crippen LogP contribution is 2.35. The summed E-state index contributed by atoms with van der Waals surface area (Å²) in [5.74, 6) is -0.802. The molecular formula is C18H22N4O4. The molecule has 1 aliphatic heterocycles. The van der Waals surface area contributed by atoms with E-state index in [0.29, 0.717) is 24.1 Å². The van der Waals surface area contributed by atoms with E-state index < -0.39 is 11.6 Å². The second-order valence-corrected chi connectivity index (χ2v) is 6.63. The fourth-order valence-electron chi connectivity index (χ4n) is 3.52. The molecule has 8 heteroatoms. The van der Waals surface area contributed by atoms with Crippen molar-refractivity contribution in [2.45, 2.75) is 37.6 Å². The van der Waals surface area contributed by atoms with Crippen LogP contribution in [0.15, 0.2) is 24.3 Å². The average Bonchev–Trinajstić information content (AvgIpc) is 3.19. The molecule has 0 bridgehead atoms. The van der Waals surface area contributed by atoms with Crippen molar-refractivity contribution in [2.24, 2.45) is 0 Å². The third-order valence-corrected chi connectivity index (χ3v) is 4.90. The van der Waals surface area contributed by atoms with Gasteiger partial charge in [-0.25, -0.2) is 4.79 Å². The second kappa shape index (κ2) is 7.15. The van der Waals surface area contributed by atoms with E-state index in [1.807, 2.05) is 0 Å². The fraction of sp³-hybridized carbons (Fsp3) is 0.444. The molecule has 1 heterocycles. The molecule has 0 unspecified atom stereocenters. The molecule has 0 aromatic heterocycles. The van der Waals surface area contributed by atoms with Crippen molar-refractivity contribution in [1.82, 2.24) is 15.5 Å². The first kappa shape index (κ1) is 17.9. The number of nitrogens with zero attached hydrogens (tertiary/aromatic N) is 1. The van der Waals surface area contributed by atoms with E-state index in [1.54, 1.807) is 24.3 Å². The van der Waals surface area contributed by atoms with Gasteiger partial charge < -0.3 is 16.0 Å². The van der Waals surface area contributed by atoms with Gasteiger partial charge in [-0.3, -0.25) is 19.3 Å². The smallest absolute Gasteiger partial charge is 0.325 e. The molecule has 1 aromatic rings. The molecule has 3 N–H and O–H groups in total. The van der Waals surface area contributed by atoms with Gasteiger partial charge in [-0.05, 0) is 31.0 Å².